The summed E-state index contributed by atoms with van der Waals surface area (Å²) in [5, 5.41) is 18.5. The molecule has 0 aliphatic heterocycles. The predicted octanol–water partition coefficient (Wildman–Crippen LogP) is 5.53. The molecule has 4 aromatic rings. The summed E-state index contributed by atoms with van der Waals surface area (Å²) in [4.78, 5) is 27.5. The van der Waals surface area contributed by atoms with Crippen LogP contribution in [0.15, 0.2) is 102 Å². The van der Waals surface area contributed by atoms with Gasteiger partial charge in [-0.15, -0.1) is 5.69 Å². The second-order valence-electron chi connectivity index (χ2n) is 7.10. The van der Waals surface area contributed by atoms with Crippen LogP contribution >= 0.6 is 0 Å². The third-order valence-electron chi connectivity index (χ3n) is 4.24. The molecular weight excluding hydrogens is 591 g/mol. The SMILES string of the molecule is CC(=O)O.Cc1ccc(S(=O)(=O)[N-]c2ccc([N+](=O)[O-])cc2-c2ccccn2)cc1.[Pd].c1ccncc1. The first-order chi connectivity index (χ1) is 17.1. The van der Waals surface area contributed by atoms with E-state index in [0.29, 0.717) is 5.69 Å². The first-order valence-electron chi connectivity index (χ1n) is 10.4. The number of carboxylic acid groups (broad SMARTS) is 1. The maximum absolute atomic E-state index is 12.6. The molecule has 0 saturated carbocycles. The summed E-state index contributed by atoms with van der Waals surface area (Å²) in [7, 11) is -3.97. The predicted molar refractivity (Wildman–Crippen MR) is 135 cm³/mol. The van der Waals surface area contributed by atoms with Crippen LogP contribution in [0.1, 0.15) is 12.5 Å². The molecule has 196 valence electrons. The molecule has 2 heterocycles. The van der Waals surface area contributed by atoms with Crippen LogP contribution in [0, 0.1) is 17.0 Å². The molecule has 4 rings (SSSR count). The molecule has 0 fully saturated rings. The number of nitro groups is 1. The average molecular weight is 614 g/mol. The number of carboxylic acids is 1. The number of hydrogen-bond acceptors (Lipinski definition) is 7. The summed E-state index contributed by atoms with van der Waals surface area (Å²) in [6.45, 7) is 2.93. The molecule has 0 aliphatic carbocycles. The second-order valence-corrected chi connectivity index (χ2v) is 8.70. The van der Waals surface area contributed by atoms with Crippen LogP contribution < -0.4 is 0 Å². The standard InChI is InChI=1S/C18H14N3O4S.C5H5N.C2H4O2.Pd/c1-13-5-8-15(9-6-13)26(24,25)20-18-10-7-14(21(22)23)12-16(18)17-4-2-3-11-19-17;1-2-4-6-5-3-1;1-2(3)4;/h2-12H,1H3;1-5H;1H3,(H,3,4);/q-1;;;. The van der Waals surface area contributed by atoms with Crippen molar-refractivity contribution in [1.82, 2.24) is 9.97 Å². The van der Waals surface area contributed by atoms with E-state index >= 15 is 0 Å². The van der Waals surface area contributed by atoms with Crippen molar-refractivity contribution < 1.29 is 43.7 Å². The quantitative estimate of drug-likeness (QED) is 0.175. The number of pyridine rings is 2. The van der Waals surface area contributed by atoms with E-state index in [1.807, 2.05) is 25.1 Å². The summed E-state index contributed by atoms with van der Waals surface area (Å²) in [6, 6.07) is 20.9. The Bertz CT molecular complexity index is 1360. The zero-order valence-corrected chi connectivity index (χ0v) is 22.1. The van der Waals surface area contributed by atoms with Gasteiger partial charge in [0.2, 0.25) is 0 Å². The van der Waals surface area contributed by atoms with Gasteiger partial charge >= 0.3 is 0 Å². The molecule has 12 heteroatoms. The summed E-state index contributed by atoms with van der Waals surface area (Å²) < 4.78 is 29.1. The number of aliphatic carboxylic acids is 1. The van der Waals surface area contributed by atoms with Crippen molar-refractivity contribution in [3.63, 3.8) is 0 Å². The van der Waals surface area contributed by atoms with Gasteiger partial charge in [0.25, 0.3) is 11.7 Å². The van der Waals surface area contributed by atoms with Gasteiger partial charge in [0.1, 0.15) is 10.0 Å². The summed E-state index contributed by atoms with van der Waals surface area (Å²) in [6.07, 6.45) is 5.02. The minimum atomic E-state index is -3.97. The summed E-state index contributed by atoms with van der Waals surface area (Å²) >= 11 is 0. The van der Waals surface area contributed by atoms with Crippen LogP contribution in [0.4, 0.5) is 11.4 Å². The van der Waals surface area contributed by atoms with Crippen LogP contribution in [0.5, 0.6) is 0 Å². The monoisotopic (exact) mass is 613 g/mol. The fourth-order valence-corrected chi connectivity index (χ4v) is 3.65. The van der Waals surface area contributed by atoms with Gasteiger partial charge < -0.3 is 9.83 Å². The molecule has 2 aromatic heterocycles. The van der Waals surface area contributed by atoms with E-state index in [1.54, 1.807) is 42.7 Å². The third kappa shape index (κ3) is 10.7. The molecule has 0 bridgehead atoms. The van der Waals surface area contributed by atoms with Crippen molar-refractivity contribution >= 4 is 27.4 Å². The van der Waals surface area contributed by atoms with E-state index in [1.165, 1.54) is 36.5 Å². The number of aromatic nitrogens is 2. The molecule has 1 N–H and O–H groups in total. The van der Waals surface area contributed by atoms with Gasteiger partial charge in [-0.3, -0.25) is 24.9 Å². The van der Waals surface area contributed by atoms with Gasteiger partial charge in [0, 0.05) is 58.1 Å². The van der Waals surface area contributed by atoms with Gasteiger partial charge in [0.15, 0.2) is 0 Å². The molecule has 0 spiro atoms. The van der Waals surface area contributed by atoms with Crippen LogP contribution in [-0.4, -0.2) is 34.4 Å². The number of nitro benzene ring substituents is 1. The minimum Gasteiger partial charge on any atom is -0.572 e. The molecule has 0 amide bonds. The third-order valence-corrected chi connectivity index (χ3v) is 5.54. The molecule has 0 unspecified atom stereocenters. The van der Waals surface area contributed by atoms with Crippen LogP contribution in [0.25, 0.3) is 16.0 Å². The first-order valence-corrected chi connectivity index (χ1v) is 11.8. The van der Waals surface area contributed by atoms with Gasteiger partial charge in [-0.1, -0.05) is 35.9 Å². The number of sulfonamides is 1. The van der Waals surface area contributed by atoms with Crippen molar-refractivity contribution in [2.24, 2.45) is 0 Å². The Morgan fingerprint density at radius 3 is 2.00 bits per heavy atom. The van der Waals surface area contributed by atoms with Crippen molar-refractivity contribution in [2.45, 2.75) is 18.7 Å². The van der Waals surface area contributed by atoms with Crippen LogP contribution in [0.2, 0.25) is 0 Å². The second kappa shape index (κ2) is 15.2. The number of hydrogen-bond donors (Lipinski definition) is 1. The Labute approximate surface area is 228 Å². The largest absolute Gasteiger partial charge is 0.572 e. The number of rotatable bonds is 5. The molecule has 2 aromatic carbocycles. The number of benzene rings is 2. The summed E-state index contributed by atoms with van der Waals surface area (Å²) in [5.41, 5.74) is 1.52. The maximum Gasteiger partial charge on any atom is 0.300 e. The van der Waals surface area contributed by atoms with Crippen LogP contribution in [0.3, 0.4) is 0 Å². The Hall–Kier alpha value is -3.98. The summed E-state index contributed by atoms with van der Waals surface area (Å²) in [5.74, 6) is -0.833. The van der Waals surface area contributed by atoms with E-state index in [0.717, 1.165) is 12.5 Å². The average Bonchev–Trinajstić information content (AvgIpc) is 2.86. The first kappa shape index (κ1) is 31.1. The molecule has 0 atom stereocenters. The van der Waals surface area contributed by atoms with Crippen LogP contribution in [-0.2, 0) is 35.2 Å². The van der Waals surface area contributed by atoms with E-state index in [2.05, 4.69) is 14.7 Å². The van der Waals surface area contributed by atoms with Gasteiger partial charge in [-0.2, -0.15) is 0 Å². The number of non-ortho nitro benzene ring substituents is 1. The molecule has 37 heavy (non-hydrogen) atoms. The number of carbonyl (C=O) groups is 1. The van der Waals surface area contributed by atoms with Gasteiger partial charge in [0.05, 0.1) is 15.5 Å². The van der Waals surface area contributed by atoms with E-state index in [9.17, 15) is 18.5 Å². The van der Waals surface area contributed by atoms with E-state index < -0.39 is 20.9 Å². The van der Waals surface area contributed by atoms with Crippen molar-refractivity contribution in [2.75, 3.05) is 0 Å². The zero-order chi connectivity index (χ0) is 26.6. The Balaban J connectivity index is 0.000000524. The van der Waals surface area contributed by atoms with Gasteiger partial charge in [-0.25, -0.2) is 8.42 Å². The Kier molecular flexibility index (Phi) is 12.8. The Morgan fingerprint density at radius 1 is 0.946 bits per heavy atom. The van der Waals surface area contributed by atoms with Crippen molar-refractivity contribution in [1.29, 1.82) is 0 Å². The fourth-order valence-electron chi connectivity index (χ4n) is 2.65. The van der Waals surface area contributed by atoms with Crippen molar-refractivity contribution in [3.05, 3.63) is 118 Å². The zero-order valence-electron chi connectivity index (χ0n) is 19.7. The molecular formula is C25H23N4O6PdS-. The fraction of sp³-hybridized carbons (Fsp3) is 0.0800. The molecule has 0 radical (unpaired) electrons. The van der Waals surface area contributed by atoms with E-state index in [4.69, 9.17) is 9.90 Å². The molecule has 0 aliphatic rings. The van der Waals surface area contributed by atoms with Crippen molar-refractivity contribution in [3.8, 4) is 11.3 Å². The topological polar surface area (TPSA) is 154 Å². The maximum atomic E-state index is 12.6. The number of nitrogens with zero attached hydrogens (tertiary/aromatic N) is 4. The number of aryl methyl sites for hydroxylation is 1. The molecule has 0 saturated heterocycles. The van der Waals surface area contributed by atoms with E-state index in [-0.39, 0.29) is 42.3 Å². The molecule has 10 nitrogen and oxygen atoms in total. The normalized spacial score (nSPS) is 9.78. The Morgan fingerprint density at radius 2 is 1.54 bits per heavy atom. The smallest absolute Gasteiger partial charge is 0.300 e. The van der Waals surface area contributed by atoms with Gasteiger partial charge in [-0.05, 0) is 48.9 Å². The minimum absolute atomic E-state index is 0.